The van der Waals surface area contributed by atoms with Crippen LogP contribution in [0, 0.1) is 0 Å². The minimum atomic E-state index is -1.09. The summed E-state index contributed by atoms with van der Waals surface area (Å²) in [6.45, 7) is 10.8. The topological polar surface area (TPSA) is 172 Å². The third kappa shape index (κ3) is 13.6. The Labute approximate surface area is 216 Å². The third-order valence-corrected chi connectivity index (χ3v) is 4.77. The van der Waals surface area contributed by atoms with Crippen LogP contribution in [0.3, 0.4) is 0 Å². The molecule has 0 heterocycles. The summed E-state index contributed by atoms with van der Waals surface area (Å²) in [7, 11) is 0. The third-order valence-electron chi connectivity index (χ3n) is 4.77. The molecular formula is C25H36N6O6. The highest BCUT2D eigenvalue weighted by Gasteiger charge is 2.26. The first-order valence-electron chi connectivity index (χ1n) is 11.9. The highest BCUT2D eigenvalue weighted by Crippen LogP contribution is 2.14. The molecule has 12 heteroatoms. The number of nitrogens with zero attached hydrogens (tertiary/aromatic N) is 3. The largest absolute Gasteiger partial charge is 0.490 e. The Morgan fingerprint density at radius 2 is 1.78 bits per heavy atom. The summed E-state index contributed by atoms with van der Waals surface area (Å²) in [6.07, 6.45) is 2.32. The van der Waals surface area contributed by atoms with Crippen LogP contribution < -0.4 is 20.7 Å². The number of rotatable bonds is 14. The number of hydrogen-bond donors (Lipinski definition) is 3. The Hall–Kier alpha value is -4.05. The summed E-state index contributed by atoms with van der Waals surface area (Å²) in [4.78, 5) is 51.3. The molecule has 3 N–H and O–H groups in total. The molecule has 0 saturated carbocycles. The van der Waals surface area contributed by atoms with Gasteiger partial charge in [0, 0.05) is 24.8 Å². The van der Waals surface area contributed by atoms with Gasteiger partial charge in [-0.2, -0.15) is 0 Å². The molecule has 0 aliphatic heterocycles. The zero-order valence-corrected chi connectivity index (χ0v) is 21.8. The van der Waals surface area contributed by atoms with Crippen molar-refractivity contribution >= 4 is 23.8 Å². The lowest BCUT2D eigenvalue weighted by Gasteiger charge is -2.22. The lowest BCUT2D eigenvalue weighted by molar-refractivity contribution is -0.130. The molecule has 1 aromatic carbocycles. The number of benzene rings is 1. The number of carbonyl (C=O) groups is 4. The van der Waals surface area contributed by atoms with E-state index in [1.54, 1.807) is 51.1 Å². The van der Waals surface area contributed by atoms with E-state index in [4.69, 9.17) is 15.0 Å². The SMILES string of the molecule is C=CCOc1ccc(C[C@H](NC(C)=O)C(=O)N[C@H](CCCCNC(=O)OC(C)(C)C)C(=O)N=[N+]=[N-])cc1. The van der Waals surface area contributed by atoms with E-state index in [1.165, 1.54) is 6.92 Å². The molecule has 1 aromatic rings. The molecule has 12 nitrogen and oxygen atoms in total. The maximum atomic E-state index is 13.0. The molecule has 4 amide bonds. The van der Waals surface area contributed by atoms with Crippen LogP contribution in [0.25, 0.3) is 10.4 Å². The van der Waals surface area contributed by atoms with E-state index in [2.05, 4.69) is 32.6 Å². The second kappa shape index (κ2) is 15.8. The van der Waals surface area contributed by atoms with Gasteiger partial charge < -0.3 is 25.4 Å². The van der Waals surface area contributed by atoms with Crippen molar-refractivity contribution < 1.29 is 28.7 Å². The number of hydrogen-bond acceptors (Lipinski definition) is 6. The first kappa shape index (κ1) is 31.0. The number of unbranched alkanes of at least 4 members (excludes halogenated alkanes) is 1. The van der Waals surface area contributed by atoms with Crippen molar-refractivity contribution in [2.45, 2.75) is 71.1 Å². The van der Waals surface area contributed by atoms with Crippen LogP contribution in [0.1, 0.15) is 52.5 Å². The Kier molecular flexibility index (Phi) is 13.3. The van der Waals surface area contributed by atoms with E-state index < -0.39 is 41.5 Å². The van der Waals surface area contributed by atoms with Gasteiger partial charge in [0.2, 0.25) is 17.7 Å². The number of amides is 4. The molecule has 0 aromatic heterocycles. The van der Waals surface area contributed by atoms with Crippen molar-refractivity contribution in [3.63, 3.8) is 0 Å². The maximum absolute atomic E-state index is 13.0. The Morgan fingerprint density at radius 1 is 1.11 bits per heavy atom. The van der Waals surface area contributed by atoms with Crippen LogP contribution in [0.2, 0.25) is 0 Å². The van der Waals surface area contributed by atoms with Gasteiger partial charge in [-0.25, -0.2) is 4.79 Å². The fraction of sp³-hybridized carbons (Fsp3) is 0.520. The quantitative estimate of drug-likeness (QED) is 0.112. The minimum absolute atomic E-state index is 0.162. The molecule has 0 aliphatic rings. The number of azide groups is 1. The van der Waals surface area contributed by atoms with Gasteiger partial charge in [0.15, 0.2) is 0 Å². The van der Waals surface area contributed by atoms with E-state index in [9.17, 15) is 19.2 Å². The fourth-order valence-electron chi connectivity index (χ4n) is 3.19. The number of carbonyl (C=O) groups excluding carboxylic acids is 4. The molecule has 0 aliphatic carbocycles. The van der Waals surface area contributed by atoms with E-state index in [0.29, 0.717) is 31.7 Å². The van der Waals surface area contributed by atoms with Crippen molar-refractivity contribution in [1.82, 2.24) is 16.0 Å². The molecule has 0 unspecified atom stereocenters. The molecule has 202 valence electrons. The summed E-state index contributed by atoms with van der Waals surface area (Å²) in [5, 5.41) is 10.9. The molecule has 0 saturated heterocycles. The molecule has 1 rings (SSSR count). The Morgan fingerprint density at radius 3 is 2.35 bits per heavy atom. The minimum Gasteiger partial charge on any atom is -0.490 e. The van der Waals surface area contributed by atoms with Gasteiger partial charge in [0.1, 0.15) is 24.0 Å². The number of ether oxygens (including phenoxy) is 2. The van der Waals surface area contributed by atoms with E-state index >= 15 is 0 Å². The predicted molar refractivity (Wildman–Crippen MR) is 138 cm³/mol. The molecule has 0 spiro atoms. The first-order chi connectivity index (χ1) is 17.4. The summed E-state index contributed by atoms with van der Waals surface area (Å²) in [5.74, 6) is -1.23. The molecule has 0 bridgehead atoms. The smallest absolute Gasteiger partial charge is 0.407 e. The lowest BCUT2D eigenvalue weighted by atomic mass is 10.0. The van der Waals surface area contributed by atoms with E-state index in [0.717, 1.165) is 5.56 Å². The maximum Gasteiger partial charge on any atom is 0.407 e. The van der Waals surface area contributed by atoms with Gasteiger partial charge >= 0.3 is 6.09 Å². The first-order valence-corrected chi connectivity index (χ1v) is 11.9. The molecule has 37 heavy (non-hydrogen) atoms. The Bertz CT molecular complexity index is 982. The van der Waals surface area contributed by atoms with Crippen molar-refractivity contribution in [2.24, 2.45) is 5.11 Å². The van der Waals surface area contributed by atoms with Gasteiger partial charge in [-0.15, -0.1) is 0 Å². The van der Waals surface area contributed by atoms with Gasteiger partial charge in [-0.05, 0) is 68.4 Å². The summed E-state index contributed by atoms with van der Waals surface area (Å²) in [6, 6.07) is 4.95. The van der Waals surface area contributed by atoms with Gasteiger partial charge in [0.05, 0.1) is 6.04 Å². The van der Waals surface area contributed by atoms with Crippen LogP contribution in [0.5, 0.6) is 5.75 Å². The van der Waals surface area contributed by atoms with Gasteiger partial charge in [0.25, 0.3) is 0 Å². The highest BCUT2D eigenvalue weighted by atomic mass is 16.6. The lowest BCUT2D eigenvalue weighted by Crippen LogP contribution is -2.51. The standard InChI is InChI=1S/C25H36N6O6/c1-6-15-36-19-12-10-18(11-13-19)16-21(28-17(2)32)22(33)29-20(23(34)30-31-26)9-7-8-14-27-24(35)37-25(3,4)5/h6,10-13,20-21H,1,7-9,14-16H2,2-5H3,(H,27,35)(H,28,32)(H,29,33)/t20-,21+/m1/s1. The van der Waals surface area contributed by atoms with Crippen LogP contribution in [0.15, 0.2) is 42.0 Å². The van der Waals surface area contributed by atoms with Crippen molar-refractivity contribution in [3.05, 3.63) is 52.9 Å². The molecule has 2 atom stereocenters. The average molecular weight is 517 g/mol. The summed E-state index contributed by atoms with van der Waals surface area (Å²) in [5.41, 5.74) is 8.81. The summed E-state index contributed by atoms with van der Waals surface area (Å²) >= 11 is 0. The van der Waals surface area contributed by atoms with Crippen LogP contribution in [0.4, 0.5) is 4.79 Å². The number of nitrogens with one attached hydrogen (secondary N) is 3. The predicted octanol–water partition coefficient (Wildman–Crippen LogP) is 3.32. The monoisotopic (exact) mass is 516 g/mol. The number of alkyl carbamates (subject to hydrolysis) is 1. The molecule has 0 fully saturated rings. The zero-order valence-electron chi connectivity index (χ0n) is 21.8. The molecule has 0 radical (unpaired) electrons. The summed E-state index contributed by atoms with van der Waals surface area (Å²) < 4.78 is 10.6. The fourth-order valence-corrected chi connectivity index (χ4v) is 3.19. The van der Waals surface area contributed by atoms with Crippen LogP contribution in [-0.2, 0) is 25.5 Å². The van der Waals surface area contributed by atoms with Crippen molar-refractivity contribution in [1.29, 1.82) is 0 Å². The second-order valence-electron chi connectivity index (χ2n) is 9.21. The van der Waals surface area contributed by atoms with Gasteiger partial charge in [-0.3, -0.25) is 14.4 Å². The zero-order chi connectivity index (χ0) is 27.8. The average Bonchev–Trinajstić information content (AvgIpc) is 2.80. The van der Waals surface area contributed by atoms with E-state index in [1.807, 2.05) is 0 Å². The van der Waals surface area contributed by atoms with Crippen LogP contribution >= 0.6 is 0 Å². The molecular weight excluding hydrogens is 480 g/mol. The van der Waals surface area contributed by atoms with Gasteiger partial charge in [-0.1, -0.05) is 24.8 Å². The second-order valence-corrected chi connectivity index (χ2v) is 9.21. The van der Waals surface area contributed by atoms with Crippen molar-refractivity contribution in [2.75, 3.05) is 13.2 Å². The van der Waals surface area contributed by atoms with E-state index in [-0.39, 0.29) is 12.8 Å². The normalized spacial score (nSPS) is 12.2. The highest BCUT2D eigenvalue weighted by molar-refractivity contribution is 5.92. The van der Waals surface area contributed by atoms with Crippen molar-refractivity contribution in [3.8, 4) is 5.75 Å². The van der Waals surface area contributed by atoms with Crippen LogP contribution in [-0.4, -0.2) is 54.7 Å². The Balaban J connectivity index is 2.77.